The number of benzene rings is 1. The molecule has 0 saturated carbocycles. The van der Waals surface area contributed by atoms with Gasteiger partial charge in [0.2, 0.25) is 10.0 Å². The highest BCUT2D eigenvalue weighted by Gasteiger charge is 2.18. The molecule has 0 amide bonds. The molecule has 0 fully saturated rings. The van der Waals surface area contributed by atoms with Gasteiger partial charge in [-0.3, -0.25) is 4.79 Å². The molecule has 7 heteroatoms. The minimum absolute atomic E-state index is 0.0549. The fourth-order valence-electron chi connectivity index (χ4n) is 1.94. The maximum atomic E-state index is 12.2. The van der Waals surface area contributed by atoms with Gasteiger partial charge in [-0.2, -0.15) is 0 Å². The topological polar surface area (TPSA) is 92.7 Å². The second-order valence-electron chi connectivity index (χ2n) is 4.86. The van der Waals surface area contributed by atoms with Crippen LogP contribution in [0, 0.1) is 12.8 Å². The molecule has 1 unspecified atom stereocenters. The standard InChI is InChI=1S/C14H21NO5S/c1-4-11(8-14(16)17)9-15-21(18,19)12-5-6-13(20-3)10(2)7-12/h5-7,11,15H,4,8-9H2,1-3H3,(H,16,17). The van der Waals surface area contributed by atoms with Crippen molar-refractivity contribution in [2.24, 2.45) is 5.92 Å². The predicted octanol–water partition coefficient (Wildman–Crippen LogP) is 1.78. The molecule has 1 rings (SSSR count). The third-order valence-corrected chi connectivity index (χ3v) is 4.70. The van der Waals surface area contributed by atoms with Gasteiger partial charge in [-0.25, -0.2) is 13.1 Å². The molecule has 1 aromatic carbocycles. The first-order valence-electron chi connectivity index (χ1n) is 6.66. The van der Waals surface area contributed by atoms with Crippen LogP contribution in [0.2, 0.25) is 0 Å². The second kappa shape index (κ2) is 7.42. The van der Waals surface area contributed by atoms with E-state index in [1.165, 1.54) is 19.2 Å². The number of ether oxygens (including phenoxy) is 1. The van der Waals surface area contributed by atoms with E-state index >= 15 is 0 Å². The average molecular weight is 315 g/mol. The zero-order valence-corrected chi connectivity index (χ0v) is 13.2. The second-order valence-corrected chi connectivity index (χ2v) is 6.62. The first-order chi connectivity index (χ1) is 9.80. The number of carboxylic acids is 1. The zero-order chi connectivity index (χ0) is 16.0. The van der Waals surface area contributed by atoms with Gasteiger partial charge in [-0.15, -0.1) is 0 Å². The SMILES string of the molecule is CCC(CNS(=O)(=O)c1ccc(OC)c(C)c1)CC(=O)O. The minimum Gasteiger partial charge on any atom is -0.496 e. The zero-order valence-electron chi connectivity index (χ0n) is 12.4. The minimum atomic E-state index is -3.65. The maximum Gasteiger partial charge on any atom is 0.303 e. The van der Waals surface area contributed by atoms with Gasteiger partial charge in [-0.1, -0.05) is 13.3 Å². The third kappa shape index (κ3) is 5.02. The Hall–Kier alpha value is -1.60. The van der Waals surface area contributed by atoms with Crippen molar-refractivity contribution in [2.75, 3.05) is 13.7 Å². The number of carboxylic acid groups (broad SMARTS) is 1. The van der Waals surface area contributed by atoms with Crippen molar-refractivity contribution >= 4 is 16.0 Å². The predicted molar refractivity (Wildman–Crippen MR) is 79.0 cm³/mol. The Morgan fingerprint density at radius 1 is 1.43 bits per heavy atom. The Morgan fingerprint density at radius 3 is 2.57 bits per heavy atom. The molecule has 0 aliphatic heterocycles. The fourth-order valence-corrected chi connectivity index (χ4v) is 3.14. The van der Waals surface area contributed by atoms with E-state index in [1.54, 1.807) is 13.0 Å². The molecule has 0 aliphatic carbocycles. The van der Waals surface area contributed by atoms with Gasteiger partial charge >= 0.3 is 5.97 Å². The molecule has 1 aromatic rings. The number of hydrogen-bond acceptors (Lipinski definition) is 4. The highest BCUT2D eigenvalue weighted by Crippen LogP contribution is 2.21. The fraction of sp³-hybridized carbons (Fsp3) is 0.500. The monoisotopic (exact) mass is 315 g/mol. The van der Waals surface area contributed by atoms with Gasteiger partial charge in [-0.05, 0) is 36.6 Å². The summed E-state index contributed by atoms with van der Waals surface area (Å²) in [7, 11) is -2.13. The molecule has 0 aliphatic rings. The maximum absolute atomic E-state index is 12.2. The van der Waals surface area contributed by atoms with Crippen molar-refractivity contribution in [2.45, 2.75) is 31.6 Å². The number of methoxy groups -OCH3 is 1. The Morgan fingerprint density at radius 2 is 2.10 bits per heavy atom. The summed E-state index contributed by atoms with van der Waals surface area (Å²) in [5.74, 6) is -0.538. The van der Waals surface area contributed by atoms with Crippen molar-refractivity contribution in [3.63, 3.8) is 0 Å². The van der Waals surface area contributed by atoms with Gasteiger partial charge in [0.25, 0.3) is 0 Å². The van der Waals surface area contributed by atoms with Crippen molar-refractivity contribution in [1.82, 2.24) is 4.72 Å². The molecule has 0 bridgehead atoms. The quantitative estimate of drug-likeness (QED) is 0.763. The first-order valence-corrected chi connectivity index (χ1v) is 8.14. The molecular weight excluding hydrogens is 294 g/mol. The molecule has 1 atom stereocenters. The molecule has 0 saturated heterocycles. The lowest BCUT2D eigenvalue weighted by atomic mass is 10.0. The van der Waals surface area contributed by atoms with E-state index in [0.717, 1.165) is 5.56 Å². The number of hydrogen-bond donors (Lipinski definition) is 2. The van der Waals surface area contributed by atoms with Crippen LogP contribution in [0.25, 0.3) is 0 Å². The largest absolute Gasteiger partial charge is 0.496 e. The highest BCUT2D eigenvalue weighted by atomic mass is 32.2. The van der Waals surface area contributed by atoms with E-state index in [0.29, 0.717) is 12.2 Å². The van der Waals surface area contributed by atoms with Crippen LogP contribution in [0.15, 0.2) is 23.1 Å². The molecule has 2 N–H and O–H groups in total. The van der Waals surface area contributed by atoms with Crippen LogP contribution in [-0.2, 0) is 14.8 Å². The number of sulfonamides is 1. The van der Waals surface area contributed by atoms with Crippen molar-refractivity contribution in [1.29, 1.82) is 0 Å². The highest BCUT2D eigenvalue weighted by molar-refractivity contribution is 7.89. The van der Waals surface area contributed by atoms with Crippen molar-refractivity contribution < 1.29 is 23.1 Å². The van der Waals surface area contributed by atoms with Crippen LogP contribution in [0.5, 0.6) is 5.75 Å². The normalized spacial score (nSPS) is 12.9. The Labute approximate surface area is 125 Å². The van der Waals surface area contributed by atoms with E-state index in [-0.39, 0.29) is 23.8 Å². The lowest BCUT2D eigenvalue weighted by Crippen LogP contribution is -2.30. The van der Waals surface area contributed by atoms with Gasteiger partial charge in [0, 0.05) is 13.0 Å². The van der Waals surface area contributed by atoms with E-state index in [1.807, 2.05) is 6.92 Å². The van der Waals surface area contributed by atoms with Gasteiger partial charge < -0.3 is 9.84 Å². The molecule has 6 nitrogen and oxygen atoms in total. The van der Waals surface area contributed by atoms with E-state index < -0.39 is 16.0 Å². The number of aliphatic carboxylic acids is 1. The summed E-state index contributed by atoms with van der Waals surface area (Å²) in [6.45, 7) is 3.70. The molecule has 118 valence electrons. The number of aryl methyl sites for hydroxylation is 1. The Kier molecular flexibility index (Phi) is 6.17. The van der Waals surface area contributed by atoms with E-state index in [2.05, 4.69) is 4.72 Å². The summed E-state index contributed by atoms with van der Waals surface area (Å²) in [5.41, 5.74) is 0.720. The summed E-state index contributed by atoms with van der Waals surface area (Å²) in [4.78, 5) is 10.8. The van der Waals surface area contributed by atoms with E-state index in [9.17, 15) is 13.2 Å². The van der Waals surface area contributed by atoms with Crippen LogP contribution in [0.3, 0.4) is 0 Å². The van der Waals surface area contributed by atoms with Gasteiger partial charge in [0.05, 0.1) is 12.0 Å². The van der Waals surface area contributed by atoms with Crippen LogP contribution in [0.4, 0.5) is 0 Å². The number of nitrogens with one attached hydrogen (secondary N) is 1. The summed E-state index contributed by atoms with van der Waals surface area (Å²) in [6, 6.07) is 4.59. The van der Waals surface area contributed by atoms with Crippen molar-refractivity contribution in [3.05, 3.63) is 23.8 Å². The van der Waals surface area contributed by atoms with Gasteiger partial charge in [0.15, 0.2) is 0 Å². The Bertz CT molecular complexity index is 597. The number of carbonyl (C=O) groups is 1. The summed E-state index contributed by atoms with van der Waals surface area (Å²) < 4.78 is 31.9. The average Bonchev–Trinajstić information content (AvgIpc) is 2.43. The lowest BCUT2D eigenvalue weighted by Gasteiger charge is -2.14. The molecule has 21 heavy (non-hydrogen) atoms. The molecule has 0 heterocycles. The lowest BCUT2D eigenvalue weighted by molar-refractivity contribution is -0.138. The molecule has 0 spiro atoms. The van der Waals surface area contributed by atoms with Crippen molar-refractivity contribution in [3.8, 4) is 5.75 Å². The van der Waals surface area contributed by atoms with E-state index in [4.69, 9.17) is 9.84 Å². The summed E-state index contributed by atoms with van der Waals surface area (Å²) in [5, 5.41) is 8.76. The first kappa shape index (κ1) is 17.5. The smallest absolute Gasteiger partial charge is 0.303 e. The van der Waals surface area contributed by atoms with Gasteiger partial charge in [0.1, 0.15) is 5.75 Å². The number of rotatable bonds is 8. The molecule has 0 radical (unpaired) electrons. The molecular formula is C14H21NO5S. The summed E-state index contributed by atoms with van der Waals surface area (Å²) in [6.07, 6.45) is 0.539. The van der Waals surface area contributed by atoms with Crippen LogP contribution in [0.1, 0.15) is 25.3 Å². The summed E-state index contributed by atoms with van der Waals surface area (Å²) >= 11 is 0. The van der Waals surface area contributed by atoms with Crippen LogP contribution < -0.4 is 9.46 Å². The van der Waals surface area contributed by atoms with Crippen LogP contribution in [-0.4, -0.2) is 33.1 Å². The Balaban J connectivity index is 2.81. The van der Waals surface area contributed by atoms with Crippen LogP contribution >= 0.6 is 0 Å². The molecule has 0 aromatic heterocycles. The third-order valence-electron chi connectivity index (χ3n) is 3.28.